The maximum atomic E-state index is 15.5. The lowest BCUT2D eigenvalue weighted by molar-refractivity contribution is -0.143. The molecular formula is C27H28FN7O2. The second-order valence-corrected chi connectivity index (χ2v) is 10.9. The van der Waals surface area contributed by atoms with Crippen LogP contribution >= 0.6 is 0 Å². The first-order valence-corrected chi connectivity index (χ1v) is 12.5. The Morgan fingerprint density at radius 1 is 1.14 bits per heavy atom. The maximum Gasteiger partial charge on any atom is 0.318 e. The first-order valence-electron chi connectivity index (χ1n) is 12.5. The van der Waals surface area contributed by atoms with Crippen LogP contribution in [0.2, 0.25) is 0 Å². The van der Waals surface area contributed by atoms with E-state index in [0.29, 0.717) is 51.5 Å². The Kier molecular flexibility index (Phi) is 4.67. The zero-order chi connectivity index (χ0) is 25.5. The van der Waals surface area contributed by atoms with Crippen LogP contribution in [-0.2, 0) is 6.54 Å². The van der Waals surface area contributed by atoms with Gasteiger partial charge in [-0.2, -0.15) is 9.97 Å². The zero-order valence-corrected chi connectivity index (χ0v) is 21.3. The summed E-state index contributed by atoms with van der Waals surface area (Å²) in [6.45, 7) is 4.38. The number of imidazole rings is 1. The van der Waals surface area contributed by atoms with Gasteiger partial charge in [-0.1, -0.05) is 6.07 Å². The molecule has 2 aliphatic carbocycles. The van der Waals surface area contributed by atoms with Crippen LogP contribution in [-0.4, -0.2) is 65.7 Å². The SMILES string of the molecule is COc1nc(C)c2nc(-c3cncnc3)n(Cc3ccc(O[C@@]45CC6C4CC(C)(C5)N6C)cc3F)c2n1. The zero-order valence-electron chi connectivity index (χ0n) is 21.3. The number of aryl methyl sites for hydroxylation is 1. The van der Waals surface area contributed by atoms with Gasteiger partial charge in [0.05, 0.1) is 24.9 Å². The van der Waals surface area contributed by atoms with Crippen LogP contribution in [0.4, 0.5) is 4.39 Å². The van der Waals surface area contributed by atoms with Gasteiger partial charge in [-0.05, 0) is 33.4 Å². The van der Waals surface area contributed by atoms with Crippen molar-refractivity contribution in [1.82, 2.24) is 34.4 Å². The number of halogens is 1. The number of nitrogens with zero attached hydrogens (tertiary/aromatic N) is 7. The van der Waals surface area contributed by atoms with Crippen molar-refractivity contribution in [1.29, 1.82) is 0 Å². The van der Waals surface area contributed by atoms with Crippen molar-refractivity contribution < 1.29 is 13.9 Å². The lowest BCUT2D eigenvalue weighted by Crippen LogP contribution is -2.67. The number of hydrogen-bond acceptors (Lipinski definition) is 8. The average molecular weight is 502 g/mol. The minimum absolute atomic E-state index is 0.161. The number of aromatic nitrogens is 6. The Bertz CT molecular complexity index is 1540. The normalized spacial score (nSPS) is 28.0. The van der Waals surface area contributed by atoms with Gasteiger partial charge in [0.2, 0.25) is 0 Å². The standard InChI is InChI=1S/C27H28FN7O2/c1-15-22-24(33-25(31-15)36-4)35(23(32-22)17-10-29-14-30-11-17)12-16-5-6-18(7-20(16)28)37-27-9-21-19(27)8-26(2,13-27)34(21)3/h5-7,10-11,14,19,21H,8-9,12-13H2,1-4H3/t19?,21?,26?,27-/m1/s1. The molecule has 1 saturated heterocycles. The number of likely N-dealkylation sites (tertiary alicyclic amines) is 1. The smallest absolute Gasteiger partial charge is 0.318 e. The van der Waals surface area contributed by atoms with Crippen LogP contribution in [0.15, 0.2) is 36.9 Å². The third kappa shape index (κ3) is 3.21. The van der Waals surface area contributed by atoms with Gasteiger partial charge in [0.25, 0.3) is 0 Å². The summed E-state index contributed by atoms with van der Waals surface area (Å²) in [7, 11) is 3.74. The first kappa shape index (κ1) is 22.5. The highest BCUT2D eigenvalue weighted by atomic mass is 19.1. The van der Waals surface area contributed by atoms with Crippen LogP contribution in [0.1, 0.15) is 37.4 Å². The Balaban J connectivity index is 1.23. The summed E-state index contributed by atoms with van der Waals surface area (Å²) in [5.74, 6) is 1.37. The molecule has 2 bridgehead atoms. The Morgan fingerprint density at radius 3 is 2.62 bits per heavy atom. The van der Waals surface area contributed by atoms with E-state index in [-0.39, 0.29) is 29.5 Å². The summed E-state index contributed by atoms with van der Waals surface area (Å²) in [5, 5.41) is 0. The van der Waals surface area contributed by atoms with E-state index in [0.717, 1.165) is 19.3 Å². The molecule has 4 atom stereocenters. The molecule has 3 aliphatic rings. The number of methoxy groups -OCH3 is 1. The Morgan fingerprint density at radius 2 is 1.95 bits per heavy atom. The van der Waals surface area contributed by atoms with Crippen LogP contribution in [0, 0.1) is 18.7 Å². The highest BCUT2D eigenvalue weighted by Gasteiger charge is 2.73. The fourth-order valence-electron chi connectivity index (χ4n) is 6.90. The average Bonchev–Trinajstić information content (AvgIpc) is 3.42. The van der Waals surface area contributed by atoms with Crippen molar-refractivity contribution in [3.63, 3.8) is 0 Å². The first-order chi connectivity index (χ1) is 17.8. The number of rotatable bonds is 6. The minimum atomic E-state index is -0.328. The van der Waals surface area contributed by atoms with Gasteiger partial charge in [-0.25, -0.2) is 19.3 Å². The van der Waals surface area contributed by atoms with Crippen LogP contribution in [0.3, 0.4) is 0 Å². The third-order valence-corrected chi connectivity index (χ3v) is 8.81. The van der Waals surface area contributed by atoms with Crippen molar-refractivity contribution in [2.24, 2.45) is 5.92 Å². The van der Waals surface area contributed by atoms with Crippen LogP contribution < -0.4 is 9.47 Å². The molecule has 9 nitrogen and oxygen atoms in total. The van der Waals surface area contributed by atoms with E-state index in [4.69, 9.17) is 14.5 Å². The maximum absolute atomic E-state index is 15.5. The molecule has 3 fully saturated rings. The van der Waals surface area contributed by atoms with E-state index in [9.17, 15) is 0 Å². The molecule has 1 aliphatic heterocycles. The van der Waals surface area contributed by atoms with Crippen molar-refractivity contribution in [3.8, 4) is 23.1 Å². The predicted molar refractivity (Wildman–Crippen MR) is 134 cm³/mol. The molecule has 0 N–H and O–H groups in total. The highest BCUT2D eigenvalue weighted by molar-refractivity contribution is 5.79. The van der Waals surface area contributed by atoms with E-state index in [2.05, 4.69) is 38.8 Å². The summed E-state index contributed by atoms with van der Waals surface area (Å²) in [5.41, 5.74) is 3.08. The predicted octanol–water partition coefficient (Wildman–Crippen LogP) is 3.79. The van der Waals surface area contributed by atoms with Crippen molar-refractivity contribution in [3.05, 3.63) is 54.0 Å². The molecule has 0 radical (unpaired) electrons. The molecule has 10 heteroatoms. The van der Waals surface area contributed by atoms with Crippen molar-refractivity contribution in [2.75, 3.05) is 14.2 Å². The molecule has 4 heterocycles. The van der Waals surface area contributed by atoms with E-state index in [1.54, 1.807) is 18.5 Å². The van der Waals surface area contributed by atoms with E-state index in [1.807, 2.05) is 17.6 Å². The topological polar surface area (TPSA) is 91.1 Å². The molecule has 190 valence electrons. The summed E-state index contributed by atoms with van der Waals surface area (Å²) in [6.07, 6.45) is 7.97. The van der Waals surface area contributed by atoms with E-state index >= 15 is 4.39 Å². The summed E-state index contributed by atoms with van der Waals surface area (Å²) < 4.78 is 29.2. The molecule has 2 saturated carbocycles. The summed E-state index contributed by atoms with van der Waals surface area (Å²) in [6, 6.07) is 6.00. The van der Waals surface area contributed by atoms with E-state index in [1.165, 1.54) is 19.5 Å². The van der Waals surface area contributed by atoms with Crippen LogP contribution in [0.25, 0.3) is 22.6 Å². The molecule has 7 rings (SSSR count). The highest BCUT2D eigenvalue weighted by Crippen LogP contribution is 2.66. The summed E-state index contributed by atoms with van der Waals surface area (Å²) >= 11 is 0. The quantitative estimate of drug-likeness (QED) is 0.394. The molecule has 4 aromatic rings. The van der Waals surface area contributed by atoms with Gasteiger partial charge in [0.15, 0.2) is 5.65 Å². The lowest BCUT2D eigenvalue weighted by Gasteiger charge is -2.58. The van der Waals surface area contributed by atoms with Crippen molar-refractivity contribution in [2.45, 2.75) is 56.8 Å². The fourth-order valence-corrected chi connectivity index (χ4v) is 6.90. The molecule has 0 amide bonds. The number of piperidine rings is 2. The molecule has 3 aromatic heterocycles. The molecule has 3 unspecified atom stereocenters. The molecule has 1 aromatic carbocycles. The van der Waals surface area contributed by atoms with E-state index < -0.39 is 0 Å². The second kappa shape index (κ2) is 7.67. The number of hydrogen-bond donors (Lipinski definition) is 0. The number of ether oxygens (including phenoxy) is 2. The Labute approximate surface area is 213 Å². The third-order valence-electron chi connectivity index (χ3n) is 8.81. The lowest BCUT2D eigenvalue weighted by atomic mass is 9.65. The fraction of sp³-hybridized carbons (Fsp3) is 0.444. The monoisotopic (exact) mass is 501 g/mol. The van der Waals surface area contributed by atoms with Crippen LogP contribution in [0.5, 0.6) is 11.8 Å². The van der Waals surface area contributed by atoms with Gasteiger partial charge in [-0.15, -0.1) is 0 Å². The Hall–Kier alpha value is -3.66. The molecular weight excluding hydrogens is 473 g/mol. The second-order valence-electron chi connectivity index (χ2n) is 10.9. The number of benzene rings is 1. The van der Waals surface area contributed by atoms with Gasteiger partial charge >= 0.3 is 6.01 Å². The minimum Gasteiger partial charge on any atom is -0.487 e. The van der Waals surface area contributed by atoms with Crippen molar-refractivity contribution >= 4 is 11.2 Å². The summed E-state index contributed by atoms with van der Waals surface area (Å²) in [4.78, 5) is 24.4. The number of fused-ring (bicyclic) bond motifs is 2. The van der Waals surface area contributed by atoms with Gasteiger partial charge in [0, 0.05) is 54.4 Å². The molecule has 37 heavy (non-hydrogen) atoms. The molecule has 0 spiro atoms. The van der Waals surface area contributed by atoms with Gasteiger partial charge < -0.3 is 14.0 Å². The van der Waals surface area contributed by atoms with Gasteiger partial charge in [-0.3, -0.25) is 4.90 Å². The van der Waals surface area contributed by atoms with Gasteiger partial charge in [0.1, 0.15) is 34.8 Å². The largest absolute Gasteiger partial charge is 0.487 e.